The normalized spacial score (nSPS) is 11.0. The summed E-state index contributed by atoms with van der Waals surface area (Å²) < 4.78 is 0. The Bertz CT molecular complexity index is 889. The summed E-state index contributed by atoms with van der Waals surface area (Å²) in [6.07, 6.45) is 1.51. The van der Waals surface area contributed by atoms with Crippen molar-refractivity contribution in [2.45, 2.75) is 26.9 Å². The zero-order valence-corrected chi connectivity index (χ0v) is 18.1. The van der Waals surface area contributed by atoms with Crippen molar-refractivity contribution in [2.75, 3.05) is 7.05 Å². The smallest absolute Gasteiger partial charge is 0.191 e. The predicted octanol–water partition coefficient (Wildman–Crippen LogP) is 3.57. The Kier molecular flexibility index (Phi) is 7.78. The number of nitrogens with one attached hydrogen (secondary N) is 3. The van der Waals surface area contributed by atoms with Gasteiger partial charge in [0, 0.05) is 25.7 Å². The monoisotopic (exact) mass is 476 g/mol. The molecular formula is C20H25IN6. The van der Waals surface area contributed by atoms with Gasteiger partial charge in [-0.15, -0.1) is 24.0 Å². The number of aromatic amines is 1. The van der Waals surface area contributed by atoms with Gasteiger partial charge in [-0.3, -0.25) is 10.1 Å². The van der Waals surface area contributed by atoms with E-state index in [1.54, 1.807) is 7.05 Å². The molecule has 0 aliphatic carbocycles. The number of guanidine groups is 1. The third-order valence-corrected chi connectivity index (χ3v) is 4.24. The van der Waals surface area contributed by atoms with Crippen LogP contribution in [0.1, 0.15) is 22.3 Å². The minimum atomic E-state index is 0. The molecule has 1 aromatic heterocycles. The van der Waals surface area contributed by atoms with E-state index < -0.39 is 0 Å². The van der Waals surface area contributed by atoms with Gasteiger partial charge in [-0.25, -0.2) is 4.98 Å². The van der Waals surface area contributed by atoms with Crippen molar-refractivity contribution in [1.29, 1.82) is 0 Å². The Balaban J connectivity index is 0.00000261. The van der Waals surface area contributed by atoms with Gasteiger partial charge in [0.1, 0.15) is 6.33 Å². The highest BCUT2D eigenvalue weighted by Gasteiger charge is 2.04. The first-order valence-corrected chi connectivity index (χ1v) is 8.61. The second kappa shape index (κ2) is 10.1. The number of rotatable bonds is 5. The van der Waals surface area contributed by atoms with Crippen LogP contribution in [0.5, 0.6) is 0 Å². The second-order valence-electron chi connectivity index (χ2n) is 6.24. The van der Waals surface area contributed by atoms with Crippen molar-refractivity contribution in [1.82, 2.24) is 25.8 Å². The molecule has 27 heavy (non-hydrogen) atoms. The molecular weight excluding hydrogens is 451 g/mol. The van der Waals surface area contributed by atoms with Gasteiger partial charge in [-0.05, 0) is 36.6 Å². The first-order chi connectivity index (χ1) is 12.7. The number of benzene rings is 2. The number of aryl methyl sites for hydroxylation is 2. The Labute approximate surface area is 176 Å². The van der Waals surface area contributed by atoms with Crippen LogP contribution in [0.3, 0.4) is 0 Å². The van der Waals surface area contributed by atoms with E-state index in [4.69, 9.17) is 0 Å². The molecule has 3 N–H and O–H groups in total. The largest absolute Gasteiger partial charge is 0.352 e. The molecule has 142 valence electrons. The van der Waals surface area contributed by atoms with E-state index in [0.29, 0.717) is 6.54 Å². The highest BCUT2D eigenvalue weighted by molar-refractivity contribution is 14.0. The lowest BCUT2D eigenvalue weighted by Gasteiger charge is -2.14. The number of hydrogen-bond acceptors (Lipinski definition) is 3. The second-order valence-corrected chi connectivity index (χ2v) is 6.24. The number of aromatic nitrogens is 3. The fraction of sp³-hybridized carbons (Fsp3) is 0.250. The van der Waals surface area contributed by atoms with E-state index in [1.165, 1.54) is 23.0 Å². The lowest BCUT2D eigenvalue weighted by Crippen LogP contribution is -2.36. The molecule has 2 aromatic carbocycles. The van der Waals surface area contributed by atoms with Crippen LogP contribution < -0.4 is 10.6 Å². The highest BCUT2D eigenvalue weighted by atomic mass is 127. The molecule has 0 unspecified atom stereocenters. The van der Waals surface area contributed by atoms with E-state index in [9.17, 15) is 0 Å². The number of aliphatic imine (C=N–C) groups is 1. The molecule has 0 aliphatic heterocycles. The van der Waals surface area contributed by atoms with Crippen molar-refractivity contribution in [3.8, 4) is 11.4 Å². The summed E-state index contributed by atoms with van der Waals surface area (Å²) in [5.74, 6) is 1.54. The molecule has 0 radical (unpaired) electrons. The average Bonchev–Trinajstić information content (AvgIpc) is 3.18. The molecule has 0 amide bonds. The maximum Gasteiger partial charge on any atom is 0.191 e. The molecule has 0 atom stereocenters. The van der Waals surface area contributed by atoms with Gasteiger partial charge < -0.3 is 10.6 Å². The van der Waals surface area contributed by atoms with Crippen LogP contribution in [0.25, 0.3) is 11.4 Å². The molecule has 0 aliphatic rings. The summed E-state index contributed by atoms with van der Waals surface area (Å²) in [7, 11) is 1.78. The molecule has 1 heterocycles. The minimum Gasteiger partial charge on any atom is -0.352 e. The van der Waals surface area contributed by atoms with Crippen molar-refractivity contribution in [3.63, 3.8) is 0 Å². The van der Waals surface area contributed by atoms with E-state index in [1.807, 2.05) is 12.1 Å². The van der Waals surface area contributed by atoms with Crippen LogP contribution >= 0.6 is 24.0 Å². The van der Waals surface area contributed by atoms with Gasteiger partial charge >= 0.3 is 0 Å². The molecule has 0 bridgehead atoms. The maximum absolute atomic E-state index is 4.30. The third kappa shape index (κ3) is 5.78. The Hall–Kier alpha value is -2.42. The van der Waals surface area contributed by atoms with Gasteiger partial charge in [-0.2, -0.15) is 5.10 Å². The van der Waals surface area contributed by atoms with Crippen molar-refractivity contribution in [2.24, 2.45) is 4.99 Å². The molecule has 0 saturated carbocycles. The first-order valence-electron chi connectivity index (χ1n) is 8.61. The van der Waals surface area contributed by atoms with E-state index in [0.717, 1.165) is 29.5 Å². The Morgan fingerprint density at radius 3 is 2.59 bits per heavy atom. The van der Waals surface area contributed by atoms with Gasteiger partial charge in [0.15, 0.2) is 11.8 Å². The maximum atomic E-state index is 4.30. The van der Waals surface area contributed by atoms with Crippen LogP contribution in [0.15, 0.2) is 53.8 Å². The van der Waals surface area contributed by atoms with E-state index in [2.05, 4.69) is 75.0 Å². The summed E-state index contributed by atoms with van der Waals surface area (Å²) >= 11 is 0. The zero-order chi connectivity index (χ0) is 18.4. The van der Waals surface area contributed by atoms with Gasteiger partial charge in [0.05, 0.1) is 0 Å². The van der Waals surface area contributed by atoms with Crippen LogP contribution in [0.2, 0.25) is 0 Å². The van der Waals surface area contributed by atoms with Gasteiger partial charge in [0.2, 0.25) is 0 Å². The first kappa shape index (κ1) is 20.9. The summed E-state index contributed by atoms with van der Waals surface area (Å²) in [4.78, 5) is 8.50. The lowest BCUT2D eigenvalue weighted by atomic mass is 10.1. The van der Waals surface area contributed by atoms with Crippen LogP contribution in [0, 0.1) is 13.8 Å². The Morgan fingerprint density at radius 2 is 1.89 bits per heavy atom. The summed E-state index contributed by atoms with van der Waals surface area (Å²) in [6.45, 7) is 5.66. The zero-order valence-electron chi connectivity index (χ0n) is 15.8. The van der Waals surface area contributed by atoms with Gasteiger partial charge in [0.25, 0.3) is 0 Å². The SMILES string of the molecule is CN=C(NCc1cccc(-c2ncn[nH]2)c1)NCc1ccc(C)cc1C.I. The van der Waals surface area contributed by atoms with Crippen LogP contribution in [0.4, 0.5) is 0 Å². The van der Waals surface area contributed by atoms with Crippen LogP contribution in [-0.4, -0.2) is 28.2 Å². The van der Waals surface area contributed by atoms with E-state index >= 15 is 0 Å². The minimum absolute atomic E-state index is 0. The van der Waals surface area contributed by atoms with E-state index in [-0.39, 0.29) is 24.0 Å². The molecule has 3 rings (SSSR count). The number of H-pyrrole nitrogens is 1. The van der Waals surface area contributed by atoms with Crippen molar-refractivity contribution >= 4 is 29.9 Å². The van der Waals surface area contributed by atoms with Crippen LogP contribution in [-0.2, 0) is 13.1 Å². The predicted molar refractivity (Wildman–Crippen MR) is 120 cm³/mol. The number of halogens is 1. The summed E-state index contributed by atoms with van der Waals surface area (Å²) in [6, 6.07) is 14.7. The van der Waals surface area contributed by atoms with Gasteiger partial charge in [-0.1, -0.05) is 42.0 Å². The average molecular weight is 476 g/mol. The topological polar surface area (TPSA) is 78.0 Å². The highest BCUT2D eigenvalue weighted by Crippen LogP contribution is 2.15. The molecule has 3 aromatic rings. The molecule has 7 heteroatoms. The third-order valence-electron chi connectivity index (χ3n) is 4.24. The standard InChI is InChI=1S/C20H24N6.HI/c1-14-7-8-18(15(2)9-14)12-23-20(21-3)22-11-16-5-4-6-17(10-16)19-24-13-25-26-19;/h4-10,13H,11-12H2,1-3H3,(H2,21,22,23)(H,24,25,26);1H. The molecule has 6 nitrogen and oxygen atoms in total. The number of hydrogen-bond donors (Lipinski definition) is 3. The molecule has 0 saturated heterocycles. The molecule has 0 spiro atoms. The van der Waals surface area contributed by atoms with Crippen molar-refractivity contribution < 1.29 is 0 Å². The summed E-state index contributed by atoms with van der Waals surface area (Å²) in [5.41, 5.74) is 5.99. The fourth-order valence-electron chi connectivity index (χ4n) is 2.80. The quantitative estimate of drug-likeness (QED) is 0.299. The molecule has 0 fully saturated rings. The summed E-state index contributed by atoms with van der Waals surface area (Å²) in [5, 5.41) is 13.5. The Morgan fingerprint density at radius 1 is 1.07 bits per heavy atom. The fourth-order valence-corrected chi connectivity index (χ4v) is 2.80. The van der Waals surface area contributed by atoms with Crippen molar-refractivity contribution in [3.05, 3.63) is 71.0 Å². The lowest BCUT2D eigenvalue weighted by molar-refractivity contribution is 0.806. The number of nitrogens with zero attached hydrogens (tertiary/aromatic N) is 3.